The van der Waals surface area contributed by atoms with Crippen LogP contribution in [0.25, 0.3) is 0 Å². The molecule has 3 nitrogen and oxygen atoms in total. The summed E-state index contributed by atoms with van der Waals surface area (Å²) in [5.41, 5.74) is 1.19. The lowest BCUT2D eigenvalue weighted by Gasteiger charge is -2.24. The van der Waals surface area contributed by atoms with Gasteiger partial charge in [0.25, 0.3) is 0 Å². The second-order valence-corrected chi connectivity index (χ2v) is 7.67. The Morgan fingerprint density at radius 1 is 1.17 bits per heavy atom. The lowest BCUT2D eigenvalue weighted by Crippen LogP contribution is -2.38. The van der Waals surface area contributed by atoms with Crippen LogP contribution in [0.5, 0.6) is 0 Å². The predicted octanol–water partition coefficient (Wildman–Crippen LogP) is 4.63. The average Bonchev–Trinajstić information content (AvgIpc) is 2.41. The van der Waals surface area contributed by atoms with Crippen LogP contribution < -0.4 is 5.32 Å². The first kappa shape index (κ1) is 20.0. The van der Waals surface area contributed by atoms with Crippen molar-refractivity contribution in [3.63, 3.8) is 0 Å². The van der Waals surface area contributed by atoms with E-state index in [1.807, 2.05) is 18.2 Å². The summed E-state index contributed by atoms with van der Waals surface area (Å²) >= 11 is 6.06. The van der Waals surface area contributed by atoms with Gasteiger partial charge in [-0.25, -0.2) is 0 Å². The molecule has 0 aliphatic heterocycles. The van der Waals surface area contributed by atoms with Gasteiger partial charge in [0.2, 0.25) is 0 Å². The van der Waals surface area contributed by atoms with E-state index in [-0.39, 0.29) is 12.0 Å². The fourth-order valence-corrected chi connectivity index (χ4v) is 3.12. The van der Waals surface area contributed by atoms with Crippen LogP contribution >= 0.6 is 11.6 Å². The van der Waals surface area contributed by atoms with E-state index in [4.69, 9.17) is 11.6 Å². The minimum atomic E-state index is -0.711. The molecule has 2 unspecified atom stereocenters. The highest BCUT2D eigenvalue weighted by molar-refractivity contribution is 6.30. The van der Waals surface area contributed by atoms with Gasteiger partial charge in [0.05, 0.1) is 5.92 Å². The summed E-state index contributed by atoms with van der Waals surface area (Å²) in [5.74, 6) is -0.101. The van der Waals surface area contributed by atoms with E-state index in [1.54, 1.807) is 0 Å². The Bertz CT molecular complexity index is 488. The van der Waals surface area contributed by atoms with Crippen molar-refractivity contribution in [3.8, 4) is 0 Å². The minimum absolute atomic E-state index is 0.266. The monoisotopic (exact) mass is 339 g/mol. The fourth-order valence-electron chi connectivity index (χ4n) is 2.91. The summed E-state index contributed by atoms with van der Waals surface area (Å²) in [5, 5.41) is 13.6. The number of benzene rings is 1. The highest BCUT2D eigenvalue weighted by Crippen LogP contribution is 2.17. The summed E-state index contributed by atoms with van der Waals surface area (Å²) in [6.45, 7) is 9.03. The molecular weight excluding hydrogens is 310 g/mol. The molecule has 0 spiro atoms. The zero-order valence-corrected chi connectivity index (χ0v) is 15.4. The summed E-state index contributed by atoms with van der Waals surface area (Å²) in [6.07, 6.45) is 2.58. The van der Waals surface area contributed by atoms with Gasteiger partial charge >= 0.3 is 5.97 Å². The van der Waals surface area contributed by atoms with E-state index < -0.39 is 5.97 Å². The average molecular weight is 340 g/mol. The molecule has 4 heteroatoms. The van der Waals surface area contributed by atoms with E-state index >= 15 is 0 Å². The normalized spacial score (nSPS) is 14.2. The van der Waals surface area contributed by atoms with Crippen LogP contribution in [0.4, 0.5) is 0 Å². The molecule has 0 aliphatic carbocycles. The Hall–Kier alpha value is -1.06. The molecule has 1 rings (SSSR count). The topological polar surface area (TPSA) is 49.3 Å². The molecule has 130 valence electrons. The van der Waals surface area contributed by atoms with Crippen LogP contribution in [0, 0.1) is 17.8 Å². The molecule has 0 bridgehead atoms. The summed E-state index contributed by atoms with van der Waals surface area (Å²) in [6, 6.07) is 8.16. The first-order chi connectivity index (χ1) is 10.8. The number of carboxylic acids is 1. The SMILES string of the molecule is CC(C)CC(Cc1cccc(Cl)c1)NCC(CC(C)C)C(=O)O. The molecular formula is C19H30ClNO2. The second kappa shape index (κ2) is 9.94. The Balaban J connectivity index is 2.68. The number of aliphatic carboxylic acids is 1. The van der Waals surface area contributed by atoms with Crippen molar-refractivity contribution in [2.45, 2.75) is 53.0 Å². The molecule has 0 heterocycles. The maximum atomic E-state index is 11.4. The zero-order valence-electron chi connectivity index (χ0n) is 14.7. The van der Waals surface area contributed by atoms with Crippen molar-refractivity contribution < 1.29 is 9.90 Å². The Labute approximate surface area is 145 Å². The van der Waals surface area contributed by atoms with Gasteiger partial charge in [0.15, 0.2) is 0 Å². The van der Waals surface area contributed by atoms with Gasteiger partial charge in [-0.3, -0.25) is 4.79 Å². The summed E-state index contributed by atoms with van der Waals surface area (Å²) in [4.78, 5) is 11.4. The number of carboxylic acid groups (broad SMARTS) is 1. The fraction of sp³-hybridized carbons (Fsp3) is 0.632. The molecule has 2 atom stereocenters. The van der Waals surface area contributed by atoms with Gasteiger partial charge in [0.1, 0.15) is 0 Å². The standard InChI is InChI=1S/C19H30ClNO2/c1-13(2)8-16(19(22)23)12-21-18(9-14(3)4)11-15-6-5-7-17(20)10-15/h5-7,10,13-14,16,18,21H,8-9,11-12H2,1-4H3,(H,22,23). The van der Waals surface area contributed by atoms with Crippen LogP contribution in [-0.2, 0) is 11.2 Å². The van der Waals surface area contributed by atoms with Crippen molar-refractivity contribution in [1.29, 1.82) is 0 Å². The first-order valence-corrected chi connectivity index (χ1v) is 8.86. The van der Waals surface area contributed by atoms with Crippen LogP contribution in [-0.4, -0.2) is 23.7 Å². The van der Waals surface area contributed by atoms with Crippen molar-refractivity contribution in [2.75, 3.05) is 6.54 Å². The molecule has 0 fully saturated rings. The minimum Gasteiger partial charge on any atom is -0.481 e. The summed E-state index contributed by atoms with van der Waals surface area (Å²) < 4.78 is 0. The number of nitrogens with one attached hydrogen (secondary N) is 1. The maximum absolute atomic E-state index is 11.4. The highest BCUT2D eigenvalue weighted by atomic mass is 35.5. The molecule has 1 aromatic carbocycles. The van der Waals surface area contributed by atoms with Crippen LogP contribution in [0.3, 0.4) is 0 Å². The molecule has 0 saturated carbocycles. The van der Waals surface area contributed by atoms with Gasteiger partial charge in [0, 0.05) is 17.6 Å². The summed E-state index contributed by atoms with van der Waals surface area (Å²) in [7, 11) is 0. The number of halogens is 1. The van der Waals surface area contributed by atoms with Gasteiger partial charge in [-0.05, 0) is 48.8 Å². The highest BCUT2D eigenvalue weighted by Gasteiger charge is 2.21. The second-order valence-electron chi connectivity index (χ2n) is 7.23. The van der Waals surface area contributed by atoms with Crippen molar-refractivity contribution in [1.82, 2.24) is 5.32 Å². The van der Waals surface area contributed by atoms with Gasteiger partial charge in [-0.1, -0.05) is 51.4 Å². The van der Waals surface area contributed by atoms with Crippen molar-refractivity contribution in [3.05, 3.63) is 34.9 Å². The largest absolute Gasteiger partial charge is 0.481 e. The van der Waals surface area contributed by atoms with E-state index in [1.165, 1.54) is 5.56 Å². The number of hydrogen-bond donors (Lipinski definition) is 2. The van der Waals surface area contributed by atoms with Crippen LogP contribution in [0.1, 0.15) is 46.1 Å². The van der Waals surface area contributed by atoms with Crippen LogP contribution in [0.2, 0.25) is 5.02 Å². The van der Waals surface area contributed by atoms with E-state index in [0.717, 1.165) is 17.9 Å². The smallest absolute Gasteiger partial charge is 0.307 e. The van der Waals surface area contributed by atoms with Gasteiger partial charge < -0.3 is 10.4 Å². The lowest BCUT2D eigenvalue weighted by molar-refractivity contribution is -0.142. The Kier molecular flexibility index (Phi) is 8.64. The van der Waals surface area contributed by atoms with E-state index in [0.29, 0.717) is 24.8 Å². The molecule has 0 saturated heterocycles. The Morgan fingerprint density at radius 2 is 1.83 bits per heavy atom. The maximum Gasteiger partial charge on any atom is 0.307 e. The number of hydrogen-bond acceptors (Lipinski definition) is 2. The van der Waals surface area contributed by atoms with Crippen molar-refractivity contribution in [2.24, 2.45) is 17.8 Å². The van der Waals surface area contributed by atoms with E-state index in [2.05, 4.69) is 39.1 Å². The molecule has 0 amide bonds. The third-order valence-corrected chi connectivity index (χ3v) is 4.12. The Morgan fingerprint density at radius 3 is 2.35 bits per heavy atom. The van der Waals surface area contributed by atoms with E-state index in [9.17, 15) is 9.90 Å². The quantitative estimate of drug-likeness (QED) is 0.653. The van der Waals surface area contributed by atoms with Crippen LogP contribution in [0.15, 0.2) is 24.3 Å². The zero-order chi connectivity index (χ0) is 17.4. The molecule has 0 aliphatic rings. The number of rotatable bonds is 10. The molecule has 0 radical (unpaired) electrons. The molecule has 2 N–H and O–H groups in total. The molecule has 23 heavy (non-hydrogen) atoms. The van der Waals surface area contributed by atoms with Crippen molar-refractivity contribution >= 4 is 17.6 Å². The molecule has 0 aromatic heterocycles. The lowest BCUT2D eigenvalue weighted by atomic mass is 9.94. The predicted molar refractivity (Wildman–Crippen MR) is 97.0 cm³/mol. The number of carbonyl (C=O) groups is 1. The van der Waals surface area contributed by atoms with Gasteiger partial charge in [-0.2, -0.15) is 0 Å². The first-order valence-electron chi connectivity index (χ1n) is 8.48. The van der Waals surface area contributed by atoms with Gasteiger partial charge in [-0.15, -0.1) is 0 Å². The third kappa shape index (κ3) is 8.38. The third-order valence-electron chi connectivity index (χ3n) is 3.89. The molecule has 1 aromatic rings.